The molecule has 0 saturated heterocycles. The summed E-state index contributed by atoms with van der Waals surface area (Å²) in [5.74, 6) is -0.0499. The molecular weight excluding hydrogens is 1580 g/mol. The molecule has 3 aliphatic carbocycles. The van der Waals surface area contributed by atoms with Gasteiger partial charge in [-0.15, -0.1) is 5.69 Å². The van der Waals surface area contributed by atoms with Crippen LogP contribution in [0.3, 0.4) is 0 Å². The van der Waals surface area contributed by atoms with Crippen molar-refractivity contribution < 1.29 is 164 Å². The van der Waals surface area contributed by atoms with Crippen molar-refractivity contribution in [2.75, 3.05) is 5.32 Å². The van der Waals surface area contributed by atoms with Crippen molar-refractivity contribution in [3.05, 3.63) is 89.2 Å². The average molecular weight is 1620 g/mol. The predicted molar refractivity (Wildman–Crippen MR) is 135 cm³/mol. The molecule has 1 heterocycles. The third kappa shape index (κ3) is 12.7. The summed E-state index contributed by atoms with van der Waals surface area (Å²) >= 11 is 0. The van der Waals surface area contributed by atoms with Gasteiger partial charge in [-0.05, 0) is 72.4 Å². The number of nitrogens with one attached hydrogen (secondary N) is 1. The number of rotatable bonds is 4. The maximum absolute atomic E-state index is 12.6. The molecule has 3 aromatic rings. The second-order valence-corrected chi connectivity index (χ2v) is 8.61. The van der Waals surface area contributed by atoms with Crippen LogP contribution in [0.4, 0.5) is 5.69 Å². The van der Waals surface area contributed by atoms with Crippen LogP contribution in [0.2, 0.25) is 0 Å². The van der Waals surface area contributed by atoms with E-state index in [0.29, 0.717) is 0 Å². The molecule has 6 rings (SSSR count). The average Bonchev–Trinajstić information content (AvgIpc) is 3.25. The number of hydrogen-bond acceptors (Lipinski definition) is 2. The van der Waals surface area contributed by atoms with Crippen LogP contribution in [0.5, 0.6) is 0 Å². The maximum atomic E-state index is 12.6. The van der Waals surface area contributed by atoms with E-state index in [-0.39, 0.29) is 183 Å². The minimum Gasteiger partial charge on any atom is -0.424 e. The second kappa shape index (κ2) is 25.7. The molecule has 211 valence electrons. The largest absolute Gasteiger partial charge is 0.424 e. The molecular formula is C29H38N2OW6Y-2. The van der Waals surface area contributed by atoms with Gasteiger partial charge >= 0.3 is 0 Å². The van der Waals surface area contributed by atoms with Gasteiger partial charge in [0, 0.05) is 170 Å². The molecule has 1 aromatic heterocycles. The topological polar surface area (TPSA) is 42.0 Å². The van der Waals surface area contributed by atoms with Crippen LogP contribution in [-0.4, -0.2) is 10.9 Å². The summed E-state index contributed by atoms with van der Waals surface area (Å²) in [4.78, 5) is 17.0. The number of carbonyl (C=O) groups is 1. The Labute approximate surface area is 348 Å². The monoisotopic (exact) mass is 1620 g/mol. The standard InChI is InChI=1S/C23H20N2O.C3H8.C2H6.CH4.6W.Y/c1-16-9-10-17(21(26)25-18-6-3-2-4-7-18)12-19(16)22-13-23(14-22,15-22)20-8-5-11-24-20;1-3-2;1-2;;;;;;;;/h2-10,12H,13-15H2,1H3,(H,25,26);3H2,1-2H3;1-2H3;1H4;;;;;;;/q-2;;;;;;;;;;. The van der Waals surface area contributed by atoms with Gasteiger partial charge in [-0.3, -0.25) is 10.9 Å². The molecule has 0 unspecified atom stereocenters. The van der Waals surface area contributed by atoms with E-state index in [2.05, 4.69) is 55.5 Å². The molecule has 0 spiro atoms. The first-order valence-electron chi connectivity index (χ1n) is 11.5. The van der Waals surface area contributed by atoms with Crippen LogP contribution < -0.4 is 5.32 Å². The Bertz CT molecular complexity index is 1000. The van der Waals surface area contributed by atoms with Gasteiger partial charge in [-0.2, -0.15) is 6.20 Å². The number of aromatic nitrogens is 1. The zero-order chi connectivity index (χ0) is 22.5. The van der Waals surface area contributed by atoms with Gasteiger partial charge in [0.15, 0.2) is 0 Å². The van der Waals surface area contributed by atoms with E-state index in [4.69, 9.17) is 0 Å². The molecule has 39 heavy (non-hydrogen) atoms. The smallest absolute Gasteiger partial charge is 0.255 e. The van der Waals surface area contributed by atoms with Crippen molar-refractivity contribution in [2.24, 2.45) is 0 Å². The molecule has 1 N–H and O–H groups in total. The van der Waals surface area contributed by atoms with E-state index in [1.807, 2.05) is 56.3 Å². The minimum atomic E-state index is -0.0499. The molecule has 2 bridgehead atoms. The van der Waals surface area contributed by atoms with E-state index >= 15 is 0 Å². The summed E-state index contributed by atoms with van der Waals surface area (Å²) in [6.45, 7) is 10.4. The minimum absolute atomic E-state index is 0. The van der Waals surface area contributed by atoms with Gasteiger partial charge in [0.2, 0.25) is 0 Å². The van der Waals surface area contributed by atoms with Crippen molar-refractivity contribution in [2.45, 2.75) is 78.6 Å². The SMILES string of the molecule is C.CC.CCC.Cc1ccc(C(=O)Nc2ccccc2)cc1C12CC(c3c[cH-][c-]n3)(C1)C2.[W].[W].[W].[W].[W].[W].[Y]. The summed E-state index contributed by atoms with van der Waals surface area (Å²) in [7, 11) is 0. The molecule has 0 atom stereocenters. The van der Waals surface area contributed by atoms with E-state index in [9.17, 15) is 4.79 Å². The van der Waals surface area contributed by atoms with Gasteiger partial charge in [-0.1, -0.05) is 65.8 Å². The number of carbonyl (C=O) groups excluding carboxylic acids is 1. The van der Waals surface area contributed by atoms with Crippen molar-refractivity contribution in [3.63, 3.8) is 0 Å². The Morgan fingerprint density at radius 2 is 1.44 bits per heavy atom. The van der Waals surface area contributed by atoms with Gasteiger partial charge < -0.3 is 16.4 Å². The maximum Gasteiger partial charge on any atom is 0.255 e. The Morgan fingerprint density at radius 1 is 0.923 bits per heavy atom. The fourth-order valence-corrected chi connectivity index (χ4v) is 4.96. The first kappa shape index (κ1) is 53.9. The molecule has 3 saturated carbocycles. The first-order chi connectivity index (χ1) is 15.0. The van der Waals surface area contributed by atoms with E-state index in [0.717, 1.165) is 30.5 Å². The number of nitrogens with zero attached hydrogens (tertiary/aromatic N) is 1. The van der Waals surface area contributed by atoms with Gasteiger partial charge in [-0.25, -0.2) is 0 Å². The fraction of sp³-hybridized carbons (Fsp3) is 0.414. The van der Waals surface area contributed by atoms with Gasteiger partial charge in [0.05, 0.1) is 0 Å². The summed E-state index contributed by atoms with van der Waals surface area (Å²) in [6.07, 6.45) is 7.59. The number of aryl methyl sites for hydroxylation is 1. The van der Waals surface area contributed by atoms with Crippen LogP contribution in [0.15, 0.2) is 60.7 Å². The van der Waals surface area contributed by atoms with Gasteiger partial charge in [0.25, 0.3) is 5.91 Å². The predicted octanol–water partition coefficient (Wildman–Crippen LogP) is 7.60. The number of anilines is 1. The Hall–Kier alpha value is 2.42. The van der Waals surface area contributed by atoms with Crippen LogP contribution in [0, 0.1) is 13.1 Å². The van der Waals surface area contributed by atoms with E-state index < -0.39 is 0 Å². The fourth-order valence-electron chi connectivity index (χ4n) is 4.96. The number of hydrogen-bond donors (Lipinski definition) is 1. The normalized spacial score (nSPS) is 17.9. The second-order valence-electron chi connectivity index (χ2n) is 8.61. The molecule has 3 aliphatic rings. The van der Waals surface area contributed by atoms with Crippen LogP contribution in [0.25, 0.3) is 0 Å². The molecule has 1 amide bonds. The summed E-state index contributed by atoms with van der Waals surface area (Å²) in [6, 6.07) is 19.7. The van der Waals surface area contributed by atoms with Gasteiger partial charge in [0.1, 0.15) is 0 Å². The molecule has 0 aliphatic heterocycles. The Balaban J connectivity index is -0.000000197. The summed E-state index contributed by atoms with van der Waals surface area (Å²) < 4.78 is 0. The first-order valence-corrected chi connectivity index (χ1v) is 11.5. The number of benzene rings is 2. The van der Waals surface area contributed by atoms with Crippen LogP contribution >= 0.6 is 0 Å². The molecule has 1 radical (unpaired) electrons. The molecule has 10 heteroatoms. The van der Waals surface area contributed by atoms with E-state index in [1.54, 1.807) is 0 Å². The Morgan fingerprint density at radius 3 is 1.90 bits per heavy atom. The Kier molecular flexibility index (Phi) is 35.6. The van der Waals surface area contributed by atoms with Crippen molar-refractivity contribution in [1.82, 2.24) is 4.98 Å². The van der Waals surface area contributed by atoms with Crippen molar-refractivity contribution >= 4 is 11.6 Å². The molecule has 2 aromatic carbocycles. The van der Waals surface area contributed by atoms with Crippen LogP contribution in [-0.2, 0) is 170 Å². The zero-order valence-electron chi connectivity index (χ0n) is 22.5. The van der Waals surface area contributed by atoms with E-state index in [1.165, 1.54) is 23.2 Å². The molecule has 3 nitrogen and oxygen atoms in total. The summed E-state index contributed by atoms with van der Waals surface area (Å²) in [5, 5.41) is 2.98. The quantitative estimate of drug-likeness (QED) is 0.274. The summed E-state index contributed by atoms with van der Waals surface area (Å²) in [5.41, 5.74) is 5.83. The van der Waals surface area contributed by atoms with Crippen molar-refractivity contribution in [1.29, 1.82) is 0 Å². The zero-order valence-corrected chi connectivity index (χ0v) is 42.9. The number of para-hydroxylation sites is 1. The number of amides is 1. The van der Waals surface area contributed by atoms with Crippen molar-refractivity contribution in [3.8, 4) is 0 Å². The van der Waals surface area contributed by atoms with Crippen LogP contribution in [0.1, 0.15) is 88.0 Å². The molecule has 3 fully saturated rings. The third-order valence-electron chi connectivity index (χ3n) is 6.18. The third-order valence-corrected chi connectivity index (χ3v) is 6.18.